The van der Waals surface area contributed by atoms with Gasteiger partial charge < -0.3 is 15.0 Å². The second kappa shape index (κ2) is 8.23. The van der Waals surface area contributed by atoms with Gasteiger partial charge in [0.25, 0.3) is 5.69 Å². The number of hydrogen-bond acceptors (Lipinski definition) is 7. The summed E-state index contributed by atoms with van der Waals surface area (Å²) < 4.78 is 45.4. The Hall–Kier alpha value is -3.89. The maximum Gasteiger partial charge on any atom is 0.421 e. The van der Waals surface area contributed by atoms with E-state index >= 15 is 0 Å². The molecular formula is C19H16F3N5O3. The zero-order valence-electron chi connectivity index (χ0n) is 15.8. The van der Waals surface area contributed by atoms with Gasteiger partial charge in [-0.3, -0.25) is 10.1 Å². The third-order valence-electron chi connectivity index (χ3n) is 4.18. The number of hydrogen-bond donors (Lipinski definition) is 1. The molecule has 2 aromatic carbocycles. The second-order valence-electron chi connectivity index (χ2n) is 6.12. The first-order valence-corrected chi connectivity index (χ1v) is 8.52. The van der Waals surface area contributed by atoms with Crippen molar-refractivity contribution in [3.05, 3.63) is 70.4 Å². The van der Waals surface area contributed by atoms with E-state index in [1.165, 1.54) is 36.3 Å². The SMILES string of the molecule is COc1ccc(N(C)c2ncc(C(F)(F)F)c(Nc3ccc([N+](=O)[O-])cc3)n2)cc1. The van der Waals surface area contributed by atoms with Crippen LogP contribution in [0.1, 0.15) is 5.56 Å². The Balaban J connectivity index is 1.96. The van der Waals surface area contributed by atoms with Gasteiger partial charge in [0.2, 0.25) is 5.95 Å². The molecule has 3 rings (SSSR count). The lowest BCUT2D eigenvalue weighted by Crippen LogP contribution is -2.17. The molecule has 30 heavy (non-hydrogen) atoms. The van der Waals surface area contributed by atoms with Gasteiger partial charge in [-0.25, -0.2) is 4.98 Å². The normalized spacial score (nSPS) is 11.1. The number of halogens is 3. The van der Waals surface area contributed by atoms with Gasteiger partial charge in [-0.05, 0) is 36.4 Å². The van der Waals surface area contributed by atoms with E-state index in [0.717, 1.165) is 0 Å². The van der Waals surface area contributed by atoms with E-state index in [0.29, 0.717) is 17.6 Å². The quantitative estimate of drug-likeness (QED) is 0.448. The van der Waals surface area contributed by atoms with E-state index in [1.54, 1.807) is 31.3 Å². The predicted molar refractivity (Wildman–Crippen MR) is 104 cm³/mol. The Morgan fingerprint density at radius 2 is 1.73 bits per heavy atom. The zero-order valence-corrected chi connectivity index (χ0v) is 15.8. The molecule has 0 aliphatic rings. The molecule has 0 bridgehead atoms. The van der Waals surface area contributed by atoms with Crippen LogP contribution in [0.4, 0.5) is 42.0 Å². The highest BCUT2D eigenvalue weighted by Crippen LogP contribution is 2.36. The summed E-state index contributed by atoms with van der Waals surface area (Å²) in [4.78, 5) is 19.5. The molecule has 0 aliphatic heterocycles. The third-order valence-corrected chi connectivity index (χ3v) is 4.18. The molecule has 0 unspecified atom stereocenters. The fourth-order valence-electron chi connectivity index (χ4n) is 2.56. The Morgan fingerprint density at radius 3 is 2.27 bits per heavy atom. The summed E-state index contributed by atoms with van der Waals surface area (Å²) in [5.74, 6) is 0.181. The Bertz CT molecular complexity index is 1040. The number of nitro groups is 1. The summed E-state index contributed by atoms with van der Waals surface area (Å²) in [5.41, 5.74) is -0.397. The smallest absolute Gasteiger partial charge is 0.421 e. The molecule has 0 atom stereocenters. The molecule has 0 saturated heterocycles. The number of methoxy groups -OCH3 is 1. The number of ether oxygens (including phenoxy) is 1. The fourth-order valence-corrected chi connectivity index (χ4v) is 2.56. The summed E-state index contributed by atoms with van der Waals surface area (Å²) in [7, 11) is 3.13. The van der Waals surface area contributed by atoms with Crippen molar-refractivity contribution in [2.75, 3.05) is 24.4 Å². The number of non-ortho nitro benzene ring substituents is 1. The minimum absolute atomic E-state index is 0.0255. The molecule has 1 aromatic heterocycles. The summed E-state index contributed by atoms with van der Waals surface area (Å²) in [6.07, 6.45) is -4.00. The second-order valence-corrected chi connectivity index (χ2v) is 6.12. The standard InChI is InChI=1S/C19H16F3N5O3/c1-26(13-7-9-15(30-2)10-8-13)18-23-11-16(19(20,21)22)17(25-18)24-12-3-5-14(6-4-12)27(28)29/h3-11H,1-2H3,(H,23,24,25). The molecule has 0 amide bonds. The molecule has 0 aliphatic carbocycles. The van der Waals surface area contributed by atoms with Crippen LogP contribution in [-0.2, 0) is 6.18 Å². The maximum absolute atomic E-state index is 13.4. The lowest BCUT2D eigenvalue weighted by molar-refractivity contribution is -0.384. The number of nitro benzene ring substituents is 1. The van der Waals surface area contributed by atoms with Crippen LogP contribution in [0.2, 0.25) is 0 Å². The van der Waals surface area contributed by atoms with Crippen LogP contribution in [0.5, 0.6) is 5.75 Å². The van der Waals surface area contributed by atoms with Crippen molar-refractivity contribution in [1.82, 2.24) is 9.97 Å². The third kappa shape index (κ3) is 4.57. The van der Waals surface area contributed by atoms with E-state index in [4.69, 9.17) is 4.74 Å². The van der Waals surface area contributed by atoms with Crippen LogP contribution in [0, 0.1) is 10.1 Å². The molecule has 1 heterocycles. The topological polar surface area (TPSA) is 93.4 Å². The van der Waals surface area contributed by atoms with Crippen LogP contribution in [0.3, 0.4) is 0 Å². The van der Waals surface area contributed by atoms with Crippen LogP contribution >= 0.6 is 0 Å². The van der Waals surface area contributed by atoms with Crippen molar-refractivity contribution >= 4 is 28.8 Å². The number of rotatable bonds is 6. The van der Waals surface area contributed by atoms with Gasteiger partial charge in [-0.1, -0.05) is 0 Å². The van der Waals surface area contributed by atoms with Crippen molar-refractivity contribution in [3.63, 3.8) is 0 Å². The molecule has 0 fully saturated rings. The van der Waals surface area contributed by atoms with Gasteiger partial charge in [-0.15, -0.1) is 0 Å². The molecule has 0 radical (unpaired) electrons. The van der Waals surface area contributed by atoms with E-state index in [9.17, 15) is 23.3 Å². The van der Waals surface area contributed by atoms with Crippen LogP contribution in [-0.4, -0.2) is 29.0 Å². The van der Waals surface area contributed by atoms with Crippen LogP contribution in [0.15, 0.2) is 54.7 Å². The zero-order chi connectivity index (χ0) is 21.9. The average Bonchev–Trinajstić information content (AvgIpc) is 2.73. The molecule has 0 saturated carbocycles. The first-order chi connectivity index (χ1) is 14.2. The van der Waals surface area contributed by atoms with Gasteiger partial charge in [0, 0.05) is 36.8 Å². The summed E-state index contributed by atoms with van der Waals surface area (Å²) in [5, 5.41) is 13.3. The largest absolute Gasteiger partial charge is 0.497 e. The number of anilines is 4. The fraction of sp³-hybridized carbons (Fsp3) is 0.158. The molecule has 156 valence electrons. The molecule has 11 heteroatoms. The van der Waals surface area contributed by atoms with Crippen molar-refractivity contribution in [3.8, 4) is 5.75 Å². The van der Waals surface area contributed by atoms with Gasteiger partial charge >= 0.3 is 6.18 Å². The van der Waals surface area contributed by atoms with Crippen LogP contribution in [0.25, 0.3) is 0 Å². The summed E-state index contributed by atoms with van der Waals surface area (Å²) in [6.45, 7) is 0. The van der Waals surface area contributed by atoms with Gasteiger partial charge in [0.1, 0.15) is 17.1 Å². The highest BCUT2D eigenvalue weighted by Gasteiger charge is 2.35. The number of alkyl halides is 3. The number of nitrogens with zero attached hydrogens (tertiary/aromatic N) is 4. The van der Waals surface area contributed by atoms with E-state index < -0.39 is 22.5 Å². The monoisotopic (exact) mass is 419 g/mol. The highest BCUT2D eigenvalue weighted by molar-refractivity contribution is 5.64. The van der Waals surface area contributed by atoms with Crippen molar-refractivity contribution < 1.29 is 22.8 Å². The predicted octanol–water partition coefficient (Wildman–Crippen LogP) is 4.92. The molecule has 0 spiro atoms. The Kier molecular flexibility index (Phi) is 5.72. The maximum atomic E-state index is 13.4. The minimum atomic E-state index is -4.69. The molecule has 8 nitrogen and oxygen atoms in total. The summed E-state index contributed by atoms with van der Waals surface area (Å²) >= 11 is 0. The first kappa shape index (κ1) is 20.8. The van der Waals surface area contributed by atoms with E-state index in [-0.39, 0.29) is 17.3 Å². The lowest BCUT2D eigenvalue weighted by atomic mass is 10.2. The number of benzene rings is 2. The molecule has 3 aromatic rings. The van der Waals surface area contributed by atoms with E-state index in [2.05, 4.69) is 15.3 Å². The van der Waals surface area contributed by atoms with Crippen molar-refractivity contribution in [2.45, 2.75) is 6.18 Å². The van der Waals surface area contributed by atoms with Gasteiger partial charge in [-0.2, -0.15) is 18.2 Å². The minimum Gasteiger partial charge on any atom is -0.497 e. The first-order valence-electron chi connectivity index (χ1n) is 8.52. The summed E-state index contributed by atoms with van der Waals surface area (Å²) in [6, 6.07) is 11.8. The number of aromatic nitrogens is 2. The van der Waals surface area contributed by atoms with Crippen molar-refractivity contribution in [1.29, 1.82) is 0 Å². The molecule has 1 N–H and O–H groups in total. The molecular weight excluding hydrogens is 403 g/mol. The Labute approximate surface area is 169 Å². The highest BCUT2D eigenvalue weighted by atomic mass is 19.4. The van der Waals surface area contributed by atoms with Gasteiger partial charge in [0.15, 0.2) is 0 Å². The van der Waals surface area contributed by atoms with Gasteiger partial charge in [0.05, 0.1) is 12.0 Å². The Morgan fingerprint density at radius 1 is 1.10 bits per heavy atom. The van der Waals surface area contributed by atoms with Crippen molar-refractivity contribution in [2.24, 2.45) is 0 Å². The number of nitrogens with one attached hydrogen (secondary N) is 1. The van der Waals surface area contributed by atoms with Crippen LogP contribution < -0.4 is 15.0 Å². The van der Waals surface area contributed by atoms with E-state index in [1.807, 2.05) is 0 Å². The lowest BCUT2D eigenvalue weighted by Gasteiger charge is -2.20. The average molecular weight is 419 g/mol.